The van der Waals surface area contributed by atoms with Gasteiger partial charge in [-0.25, -0.2) is 0 Å². The molecule has 1 fully saturated rings. The van der Waals surface area contributed by atoms with Gasteiger partial charge >= 0.3 is 6.18 Å². The van der Waals surface area contributed by atoms with Crippen LogP contribution < -0.4 is 0 Å². The summed E-state index contributed by atoms with van der Waals surface area (Å²) in [5.41, 5.74) is -0.583. The summed E-state index contributed by atoms with van der Waals surface area (Å²) < 4.78 is 37.8. The van der Waals surface area contributed by atoms with E-state index in [-0.39, 0.29) is 29.9 Å². The second-order valence-electron chi connectivity index (χ2n) is 6.28. The van der Waals surface area contributed by atoms with Crippen molar-refractivity contribution < 1.29 is 27.9 Å². The van der Waals surface area contributed by atoms with Crippen molar-refractivity contribution in [2.24, 2.45) is 5.92 Å². The van der Waals surface area contributed by atoms with Gasteiger partial charge in [-0.1, -0.05) is 0 Å². The molecule has 1 aliphatic rings. The molecule has 0 aromatic heterocycles. The van der Waals surface area contributed by atoms with Gasteiger partial charge in [0, 0.05) is 37.7 Å². The van der Waals surface area contributed by atoms with Crippen LogP contribution in [-0.4, -0.2) is 59.5 Å². The number of amides is 2. The molecule has 26 heavy (non-hydrogen) atoms. The Morgan fingerprint density at radius 1 is 1.19 bits per heavy atom. The van der Waals surface area contributed by atoms with Crippen LogP contribution in [-0.2, 0) is 11.0 Å². The van der Waals surface area contributed by atoms with Gasteiger partial charge < -0.3 is 14.9 Å². The summed E-state index contributed by atoms with van der Waals surface area (Å²) >= 11 is 0. The van der Waals surface area contributed by atoms with E-state index in [0.29, 0.717) is 39.0 Å². The molecular formula is C18H23F3N2O3. The minimum Gasteiger partial charge on any atom is -0.395 e. The number of hydrogen-bond donors (Lipinski definition) is 1. The molecule has 0 spiro atoms. The summed E-state index contributed by atoms with van der Waals surface area (Å²) in [6, 6.07) is 4.17. The lowest BCUT2D eigenvalue weighted by molar-refractivity contribution is -0.138. The minimum atomic E-state index is -4.43. The normalized spacial score (nSPS) is 15.8. The number of halogens is 3. The van der Waals surface area contributed by atoms with Crippen molar-refractivity contribution in [1.29, 1.82) is 0 Å². The van der Waals surface area contributed by atoms with Crippen LogP contribution >= 0.6 is 0 Å². The fourth-order valence-corrected chi connectivity index (χ4v) is 3.12. The average molecular weight is 372 g/mol. The van der Waals surface area contributed by atoms with Crippen LogP contribution in [0, 0.1) is 5.92 Å². The quantitative estimate of drug-likeness (QED) is 0.863. The number of hydrogen-bond acceptors (Lipinski definition) is 3. The number of alkyl halides is 3. The standard InChI is InChI=1S/C18H23F3N2O3/c1-2-22(11-12-24)16(25)14-7-9-23(10-8-14)17(26)13-3-5-15(6-4-13)18(19,20)21/h3-6,14,24H,2,7-12H2,1H3. The van der Waals surface area contributed by atoms with Crippen molar-refractivity contribution in [1.82, 2.24) is 9.80 Å². The second-order valence-corrected chi connectivity index (χ2v) is 6.28. The number of likely N-dealkylation sites (N-methyl/N-ethyl adjacent to an activating group) is 1. The molecule has 0 atom stereocenters. The van der Waals surface area contributed by atoms with Crippen molar-refractivity contribution in [2.75, 3.05) is 32.8 Å². The van der Waals surface area contributed by atoms with Crippen LogP contribution in [0.25, 0.3) is 0 Å². The Morgan fingerprint density at radius 3 is 2.23 bits per heavy atom. The molecule has 1 aromatic carbocycles. The smallest absolute Gasteiger partial charge is 0.395 e. The number of carbonyl (C=O) groups excluding carboxylic acids is 2. The summed E-state index contributed by atoms with van der Waals surface area (Å²) in [4.78, 5) is 28.0. The molecule has 2 amide bonds. The maximum absolute atomic E-state index is 12.6. The lowest BCUT2D eigenvalue weighted by atomic mass is 9.94. The molecular weight excluding hydrogens is 349 g/mol. The number of aliphatic hydroxyl groups is 1. The van der Waals surface area contributed by atoms with E-state index in [2.05, 4.69) is 0 Å². The van der Waals surface area contributed by atoms with Gasteiger partial charge in [0.2, 0.25) is 5.91 Å². The topological polar surface area (TPSA) is 60.9 Å². The van der Waals surface area contributed by atoms with Crippen LogP contribution in [0.5, 0.6) is 0 Å². The van der Waals surface area contributed by atoms with Crippen LogP contribution in [0.15, 0.2) is 24.3 Å². The Labute approximate surface area is 150 Å². The number of likely N-dealkylation sites (tertiary alicyclic amines) is 1. The zero-order valence-electron chi connectivity index (χ0n) is 14.6. The third-order valence-corrected chi connectivity index (χ3v) is 4.65. The molecule has 1 heterocycles. The first-order chi connectivity index (χ1) is 12.3. The summed E-state index contributed by atoms with van der Waals surface area (Å²) in [5.74, 6) is -0.548. The summed E-state index contributed by atoms with van der Waals surface area (Å²) in [6.07, 6.45) is -3.42. The van der Waals surface area contributed by atoms with Gasteiger partial charge in [0.25, 0.3) is 5.91 Å². The molecule has 2 rings (SSSR count). The van der Waals surface area contributed by atoms with Crippen LogP contribution in [0.4, 0.5) is 13.2 Å². The SMILES string of the molecule is CCN(CCO)C(=O)C1CCN(C(=O)c2ccc(C(F)(F)F)cc2)CC1. The molecule has 0 saturated carbocycles. The average Bonchev–Trinajstić information content (AvgIpc) is 2.64. The van der Waals surface area contributed by atoms with Crippen LogP contribution in [0.1, 0.15) is 35.7 Å². The fourth-order valence-electron chi connectivity index (χ4n) is 3.12. The molecule has 0 aliphatic carbocycles. The van der Waals surface area contributed by atoms with Crippen molar-refractivity contribution in [3.63, 3.8) is 0 Å². The Balaban J connectivity index is 1.95. The largest absolute Gasteiger partial charge is 0.416 e. The highest BCUT2D eigenvalue weighted by Crippen LogP contribution is 2.29. The highest BCUT2D eigenvalue weighted by Gasteiger charge is 2.32. The predicted octanol–water partition coefficient (Wildman–Crippen LogP) is 2.40. The van der Waals surface area contributed by atoms with Crippen molar-refractivity contribution in [2.45, 2.75) is 25.9 Å². The van der Waals surface area contributed by atoms with Crippen LogP contribution in [0.3, 0.4) is 0 Å². The fraction of sp³-hybridized carbons (Fsp3) is 0.556. The Hall–Kier alpha value is -2.09. The first kappa shape index (κ1) is 20.2. The third-order valence-electron chi connectivity index (χ3n) is 4.65. The zero-order chi connectivity index (χ0) is 19.3. The minimum absolute atomic E-state index is 0.0248. The second kappa shape index (κ2) is 8.53. The van der Waals surface area contributed by atoms with Gasteiger partial charge in [-0.3, -0.25) is 9.59 Å². The van der Waals surface area contributed by atoms with E-state index < -0.39 is 11.7 Å². The van der Waals surface area contributed by atoms with E-state index in [1.807, 2.05) is 6.92 Å². The van der Waals surface area contributed by atoms with E-state index in [4.69, 9.17) is 5.11 Å². The van der Waals surface area contributed by atoms with Gasteiger partial charge in [-0.2, -0.15) is 13.2 Å². The Kier molecular flexibility index (Phi) is 6.63. The van der Waals surface area contributed by atoms with Crippen molar-refractivity contribution in [3.8, 4) is 0 Å². The number of rotatable bonds is 5. The van der Waals surface area contributed by atoms with E-state index in [1.54, 1.807) is 9.80 Å². The molecule has 144 valence electrons. The number of aliphatic hydroxyl groups excluding tert-OH is 1. The number of nitrogens with zero attached hydrogens (tertiary/aromatic N) is 2. The van der Waals surface area contributed by atoms with Crippen molar-refractivity contribution in [3.05, 3.63) is 35.4 Å². The maximum atomic E-state index is 12.6. The van der Waals surface area contributed by atoms with Crippen molar-refractivity contribution >= 4 is 11.8 Å². The van der Waals surface area contributed by atoms with Gasteiger partial charge in [0.1, 0.15) is 0 Å². The maximum Gasteiger partial charge on any atom is 0.416 e. The number of piperidine rings is 1. The first-order valence-electron chi connectivity index (χ1n) is 8.64. The molecule has 8 heteroatoms. The van der Waals surface area contributed by atoms with Gasteiger partial charge in [0.05, 0.1) is 12.2 Å². The third kappa shape index (κ3) is 4.75. The Morgan fingerprint density at radius 2 is 1.77 bits per heavy atom. The predicted molar refractivity (Wildman–Crippen MR) is 89.4 cm³/mol. The molecule has 1 N–H and O–H groups in total. The Bertz CT molecular complexity index is 624. The zero-order valence-corrected chi connectivity index (χ0v) is 14.6. The van der Waals surface area contributed by atoms with E-state index in [9.17, 15) is 22.8 Å². The van der Waals surface area contributed by atoms with Gasteiger partial charge in [-0.15, -0.1) is 0 Å². The molecule has 1 aromatic rings. The van der Waals surface area contributed by atoms with Crippen LogP contribution in [0.2, 0.25) is 0 Å². The monoisotopic (exact) mass is 372 g/mol. The number of benzene rings is 1. The molecule has 0 radical (unpaired) electrons. The summed E-state index contributed by atoms with van der Waals surface area (Å²) in [6.45, 7) is 3.33. The highest BCUT2D eigenvalue weighted by molar-refractivity contribution is 5.94. The van der Waals surface area contributed by atoms with E-state index >= 15 is 0 Å². The van der Waals surface area contributed by atoms with E-state index in [1.165, 1.54) is 12.1 Å². The highest BCUT2D eigenvalue weighted by atomic mass is 19.4. The van der Waals surface area contributed by atoms with Gasteiger partial charge in [0.15, 0.2) is 0 Å². The lowest BCUT2D eigenvalue weighted by Crippen LogP contribution is -2.45. The summed E-state index contributed by atoms with van der Waals surface area (Å²) in [7, 11) is 0. The van der Waals surface area contributed by atoms with E-state index in [0.717, 1.165) is 12.1 Å². The molecule has 5 nitrogen and oxygen atoms in total. The molecule has 0 unspecified atom stereocenters. The molecule has 1 aliphatic heterocycles. The molecule has 1 saturated heterocycles. The lowest BCUT2D eigenvalue weighted by Gasteiger charge is -2.34. The molecule has 0 bridgehead atoms. The summed E-state index contributed by atoms with van der Waals surface area (Å²) in [5, 5.41) is 9.01. The number of carbonyl (C=O) groups is 2. The first-order valence-corrected chi connectivity index (χ1v) is 8.64. The van der Waals surface area contributed by atoms with Gasteiger partial charge in [-0.05, 0) is 44.0 Å².